The van der Waals surface area contributed by atoms with E-state index >= 15 is 0 Å². The number of methoxy groups -OCH3 is 1. The van der Waals surface area contributed by atoms with E-state index in [-0.39, 0.29) is 18.4 Å². The number of fused-ring (bicyclic) bond motifs is 1. The molecule has 8 heteroatoms. The lowest BCUT2D eigenvalue weighted by atomic mass is 9.84. The first kappa shape index (κ1) is 19.4. The smallest absolute Gasteiger partial charge is 0.326 e. The Morgan fingerprint density at radius 3 is 2.72 bits per heavy atom. The number of rotatable bonds is 6. The first-order valence-electron chi connectivity index (χ1n) is 10.1. The van der Waals surface area contributed by atoms with E-state index in [9.17, 15) is 14.7 Å². The summed E-state index contributed by atoms with van der Waals surface area (Å²) in [7, 11) is 1.60. The summed E-state index contributed by atoms with van der Waals surface area (Å²) in [5.74, 6) is 0.812. The van der Waals surface area contributed by atoms with Gasteiger partial charge < -0.3 is 19.3 Å². The van der Waals surface area contributed by atoms with E-state index in [1.54, 1.807) is 12.0 Å². The average Bonchev–Trinajstić information content (AvgIpc) is 3.37. The number of carbonyl (C=O) groups excluding carboxylic acids is 1. The van der Waals surface area contributed by atoms with Gasteiger partial charge in [0.1, 0.15) is 11.8 Å². The van der Waals surface area contributed by atoms with E-state index in [1.165, 1.54) is 0 Å². The van der Waals surface area contributed by atoms with Crippen LogP contribution in [0.4, 0.5) is 0 Å². The van der Waals surface area contributed by atoms with Gasteiger partial charge in [-0.15, -0.1) is 0 Å². The Labute approximate surface area is 168 Å². The Morgan fingerprint density at radius 1 is 1.24 bits per heavy atom. The number of aryl methyl sites for hydroxylation is 1. The molecule has 0 spiro atoms. The van der Waals surface area contributed by atoms with E-state index in [0.29, 0.717) is 30.5 Å². The lowest BCUT2D eigenvalue weighted by Gasteiger charge is -2.33. The molecule has 3 atom stereocenters. The normalized spacial score (nSPS) is 23.6. The summed E-state index contributed by atoms with van der Waals surface area (Å²) in [5.41, 5.74) is 0.794. The van der Waals surface area contributed by atoms with Crippen LogP contribution in [0, 0.1) is 5.92 Å². The van der Waals surface area contributed by atoms with Gasteiger partial charge in [-0.2, -0.15) is 4.98 Å². The molecule has 1 N–H and O–H groups in total. The molecule has 1 saturated heterocycles. The summed E-state index contributed by atoms with van der Waals surface area (Å²) in [6.45, 7) is 0. The summed E-state index contributed by atoms with van der Waals surface area (Å²) in [4.78, 5) is 30.6. The van der Waals surface area contributed by atoms with Crippen molar-refractivity contribution in [1.29, 1.82) is 0 Å². The fraction of sp³-hybridized carbons (Fsp3) is 0.524. The van der Waals surface area contributed by atoms with Gasteiger partial charge in [-0.3, -0.25) is 4.79 Å². The highest BCUT2D eigenvalue weighted by Crippen LogP contribution is 2.40. The Bertz CT molecular complexity index is 879. The van der Waals surface area contributed by atoms with Crippen LogP contribution in [-0.2, 0) is 16.0 Å². The van der Waals surface area contributed by atoms with Gasteiger partial charge in [0.2, 0.25) is 17.6 Å². The minimum Gasteiger partial charge on any atom is -0.497 e. The molecule has 1 aliphatic carbocycles. The largest absolute Gasteiger partial charge is 0.497 e. The SMILES string of the molecule is COc1ccc(-c2noc(CCC(=O)N3[C@H](C(=O)O)C[C@@H]4CCCC[C@@H]43)n2)cc1. The van der Waals surface area contributed by atoms with Crippen molar-refractivity contribution in [3.63, 3.8) is 0 Å². The second kappa shape index (κ2) is 8.23. The van der Waals surface area contributed by atoms with Crippen molar-refractivity contribution in [3.05, 3.63) is 30.2 Å². The van der Waals surface area contributed by atoms with Crippen LogP contribution >= 0.6 is 0 Å². The van der Waals surface area contributed by atoms with Crippen molar-refractivity contribution in [2.24, 2.45) is 5.92 Å². The summed E-state index contributed by atoms with van der Waals surface area (Å²) >= 11 is 0. The molecule has 1 saturated carbocycles. The number of nitrogens with zero attached hydrogens (tertiary/aromatic N) is 3. The number of carboxylic acid groups (broad SMARTS) is 1. The summed E-state index contributed by atoms with van der Waals surface area (Å²) in [6.07, 6.45) is 5.08. The fourth-order valence-corrected chi connectivity index (χ4v) is 4.60. The topological polar surface area (TPSA) is 106 Å². The summed E-state index contributed by atoms with van der Waals surface area (Å²) < 4.78 is 10.4. The number of aromatic nitrogens is 2. The third-order valence-corrected chi connectivity index (χ3v) is 6.03. The first-order chi connectivity index (χ1) is 14.1. The Kier molecular flexibility index (Phi) is 5.51. The van der Waals surface area contributed by atoms with Crippen molar-refractivity contribution >= 4 is 11.9 Å². The highest BCUT2D eigenvalue weighted by molar-refractivity contribution is 5.85. The van der Waals surface area contributed by atoms with Gasteiger partial charge >= 0.3 is 5.97 Å². The van der Waals surface area contributed by atoms with E-state index in [4.69, 9.17) is 9.26 Å². The zero-order valence-electron chi connectivity index (χ0n) is 16.4. The average molecular weight is 399 g/mol. The van der Waals surface area contributed by atoms with Gasteiger partial charge in [0.15, 0.2) is 0 Å². The molecule has 2 aliphatic rings. The maximum absolute atomic E-state index is 12.9. The number of amides is 1. The zero-order chi connectivity index (χ0) is 20.4. The first-order valence-corrected chi connectivity index (χ1v) is 10.1. The summed E-state index contributed by atoms with van der Waals surface area (Å²) in [5, 5.41) is 13.6. The molecule has 2 aromatic rings. The number of benzene rings is 1. The highest BCUT2D eigenvalue weighted by Gasteiger charge is 2.47. The van der Waals surface area contributed by atoms with Crippen LogP contribution in [0.3, 0.4) is 0 Å². The molecular formula is C21H25N3O5. The van der Waals surface area contributed by atoms with Crippen molar-refractivity contribution in [3.8, 4) is 17.1 Å². The molecule has 8 nitrogen and oxygen atoms in total. The van der Waals surface area contributed by atoms with Crippen LogP contribution in [0.25, 0.3) is 11.4 Å². The maximum atomic E-state index is 12.9. The molecule has 0 bridgehead atoms. The maximum Gasteiger partial charge on any atom is 0.326 e. The number of ether oxygens (including phenoxy) is 1. The fourth-order valence-electron chi connectivity index (χ4n) is 4.60. The minimum absolute atomic E-state index is 0.0508. The number of hydrogen-bond donors (Lipinski definition) is 1. The van der Waals surface area contributed by atoms with Gasteiger partial charge in [0, 0.05) is 24.4 Å². The van der Waals surface area contributed by atoms with Crippen LogP contribution < -0.4 is 4.74 Å². The predicted molar refractivity (Wildman–Crippen MR) is 103 cm³/mol. The Balaban J connectivity index is 1.41. The number of hydrogen-bond acceptors (Lipinski definition) is 6. The molecule has 154 valence electrons. The molecule has 0 unspecified atom stereocenters. The molecule has 0 radical (unpaired) electrons. The van der Waals surface area contributed by atoms with Gasteiger partial charge in [-0.25, -0.2) is 4.79 Å². The second-order valence-electron chi connectivity index (χ2n) is 7.74. The molecule has 1 aromatic carbocycles. The Morgan fingerprint density at radius 2 is 2.00 bits per heavy atom. The van der Waals surface area contributed by atoms with E-state index in [2.05, 4.69) is 10.1 Å². The predicted octanol–water partition coefficient (Wildman–Crippen LogP) is 2.92. The monoisotopic (exact) mass is 399 g/mol. The lowest BCUT2D eigenvalue weighted by Crippen LogP contribution is -2.46. The van der Waals surface area contributed by atoms with Crippen LogP contribution in [-0.4, -0.2) is 51.2 Å². The highest BCUT2D eigenvalue weighted by atomic mass is 16.5. The molecular weight excluding hydrogens is 374 g/mol. The van der Waals surface area contributed by atoms with Crippen LogP contribution in [0.1, 0.15) is 44.4 Å². The molecule has 1 amide bonds. The standard InChI is InChI=1S/C21H25N3O5/c1-28-15-8-6-13(7-9-15)20-22-18(29-23-20)10-11-19(25)24-16-5-3-2-4-14(16)12-17(24)21(26)27/h6-9,14,16-17H,2-5,10-12H2,1H3,(H,26,27)/t14-,16-,17-/m0/s1. The van der Waals surface area contributed by atoms with E-state index in [0.717, 1.165) is 37.0 Å². The molecule has 1 aromatic heterocycles. The summed E-state index contributed by atoms with van der Waals surface area (Å²) in [6, 6.07) is 6.64. The second-order valence-corrected chi connectivity index (χ2v) is 7.74. The third-order valence-electron chi connectivity index (χ3n) is 6.03. The molecule has 29 heavy (non-hydrogen) atoms. The Hall–Kier alpha value is -2.90. The van der Waals surface area contributed by atoms with E-state index in [1.807, 2.05) is 24.3 Å². The van der Waals surface area contributed by atoms with Gasteiger partial charge in [-0.05, 0) is 49.4 Å². The zero-order valence-corrected chi connectivity index (χ0v) is 16.4. The quantitative estimate of drug-likeness (QED) is 0.796. The van der Waals surface area contributed by atoms with Crippen LogP contribution in [0.2, 0.25) is 0 Å². The van der Waals surface area contributed by atoms with Gasteiger partial charge in [0.25, 0.3) is 0 Å². The van der Waals surface area contributed by atoms with Crippen LogP contribution in [0.15, 0.2) is 28.8 Å². The molecule has 1 aliphatic heterocycles. The molecule has 4 rings (SSSR count). The number of likely N-dealkylation sites (tertiary alicyclic amines) is 1. The van der Waals surface area contributed by atoms with Crippen molar-refractivity contribution in [2.45, 2.75) is 57.0 Å². The van der Waals surface area contributed by atoms with Crippen LogP contribution in [0.5, 0.6) is 5.75 Å². The van der Waals surface area contributed by atoms with Crippen molar-refractivity contribution in [2.75, 3.05) is 7.11 Å². The minimum atomic E-state index is -0.910. The lowest BCUT2D eigenvalue weighted by molar-refractivity contribution is -0.149. The number of carbonyl (C=O) groups is 2. The van der Waals surface area contributed by atoms with Crippen molar-refractivity contribution < 1.29 is 24.0 Å². The third kappa shape index (κ3) is 3.97. The van der Waals surface area contributed by atoms with Crippen molar-refractivity contribution in [1.82, 2.24) is 15.0 Å². The van der Waals surface area contributed by atoms with E-state index < -0.39 is 12.0 Å². The number of aliphatic carboxylic acids is 1. The number of carboxylic acids is 1. The van der Waals surface area contributed by atoms with Gasteiger partial charge in [0.05, 0.1) is 7.11 Å². The van der Waals surface area contributed by atoms with Gasteiger partial charge in [-0.1, -0.05) is 18.0 Å². The molecule has 2 heterocycles. The molecule has 2 fully saturated rings.